The number of halogens is 4. The standard InChI is InChI=1S/C14H15F4NO2/c15-12-5-4-8(6-11(12)14(16,17)18)13(21)19-9-2-1-3-10(20)7-9/h4-6,9-10,20H,1-3,7H2,(H,19,21). The summed E-state index contributed by atoms with van der Waals surface area (Å²) >= 11 is 0. The zero-order valence-corrected chi connectivity index (χ0v) is 11.1. The summed E-state index contributed by atoms with van der Waals surface area (Å²) in [7, 11) is 0. The Morgan fingerprint density at radius 1 is 1.29 bits per heavy atom. The van der Waals surface area contributed by atoms with E-state index in [2.05, 4.69) is 5.32 Å². The lowest BCUT2D eigenvalue weighted by atomic mass is 9.93. The largest absolute Gasteiger partial charge is 0.419 e. The number of nitrogens with one attached hydrogen (secondary N) is 1. The molecular formula is C14H15F4NO2. The topological polar surface area (TPSA) is 49.3 Å². The van der Waals surface area contributed by atoms with Gasteiger partial charge in [0.1, 0.15) is 5.82 Å². The maximum atomic E-state index is 13.2. The van der Waals surface area contributed by atoms with E-state index in [0.29, 0.717) is 31.4 Å². The van der Waals surface area contributed by atoms with Crippen LogP contribution >= 0.6 is 0 Å². The van der Waals surface area contributed by atoms with Gasteiger partial charge >= 0.3 is 6.18 Å². The maximum absolute atomic E-state index is 13.2. The number of hydrogen-bond acceptors (Lipinski definition) is 2. The van der Waals surface area contributed by atoms with E-state index in [9.17, 15) is 27.5 Å². The maximum Gasteiger partial charge on any atom is 0.419 e. The number of aliphatic hydroxyl groups is 1. The second-order valence-corrected chi connectivity index (χ2v) is 5.18. The van der Waals surface area contributed by atoms with Crippen molar-refractivity contribution in [1.82, 2.24) is 5.32 Å². The molecule has 1 aromatic carbocycles. The molecule has 2 N–H and O–H groups in total. The molecule has 1 fully saturated rings. The van der Waals surface area contributed by atoms with E-state index in [4.69, 9.17) is 0 Å². The third-order valence-corrected chi connectivity index (χ3v) is 3.52. The van der Waals surface area contributed by atoms with Gasteiger partial charge in [-0.15, -0.1) is 0 Å². The van der Waals surface area contributed by atoms with Crippen LogP contribution in [0.1, 0.15) is 41.6 Å². The van der Waals surface area contributed by atoms with Gasteiger partial charge in [0.2, 0.25) is 0 Å². The number of rotatable bonds is 2. The molecule has 1 amide bonds. The molecule has 0 radical (unpaired) electrons. The van der Waals surface area contributed by atoms with Crippen molar-refractivity contribution in [2.75, 3.05) is 0 Å². The SMILES string of the molecule is O=C(NC1CCCC(O)C1)c1ccc(F)c(C(F)(F)F)c1. The van der Waals surface area contributed by atoms with Gasteiger partial charge in [0.05, 0.1) is 11.7 Å². The van der Waals surface area contributed by atoms with Gasteiger partial charge < -0.3 is 10.4 Å². The average molecular weight is 305 g/mol. The minimum atomic E-state index is -4.85. The molecule has 2 rings (SSSR count). The van der Waals surface area contributed by atoms with E-state index in [1.165, 1.54) is 0 Å². The number of alkyl halides is 3. The highest BCUT2D eigenvalue weighted by molar-refractivity contribution is 5.94. The summed E-state index contributed by atoms with van der Waals surface area (Å²) in [6.45, 7) is 0. The Morgan fingerprint density at radius 2 is 2.00 bits per heavy atom. The third-order valence-electron chi connectivity index (χ3n) is 3.52. The number of amides is 1. The molecule has 0 bridgehead atoms. The predicted molar refractivity (Wildman–Crippen MR) is 67.1 cm³/mol. The first-order valence-corrected chi connectivity index (χ1v) is 6.63. The first-order chi connectivity index (χ1) is 9.77. The van der Waals surface area contributed by atoms with Crippen molar-refractivity contribution in [3.8, 4) is 0 Å². The lowest BCUT2D eigenvalue weighted by Crippen LogP contribution is -2.39. The molecule has 1 aliphatic rings. The molecule has 1 aliphatic carbocycles. The van der Waals surface area contributed by atoms with Crippen LogP contribution in [0.15, 0.2) is 18.2 Å². The lowest BCUT2D eigenvalue weighted by Gasteiger charge is -2.26. The second-order valence-electron chi connectivity index (χ2n) is 5.18. The summed E-state index contributed by atoms with van der Waals surface area (Å²) in [6, 6.07) is 1.87. The zero-order chi connectivity index (χ0) is 15.6. The molecule has 1 saturated carbocycles. The highest BCUT2D eigenvalue weighted by Gasteiger charge is 2.35. The Bertz CT molecular complexity index is 530. The van der Waals surface area contributed by atoms with Crippen LogP contribution in [0, 0.1) is 5.82 Å². The molecule has 21 heavy (non-hydrogen) atoms. The lowest BCUT2D eigenvalue weighted by molar-refractivity contribution is -0.140. The number of benzene rings is 1. The van der Waals surface area contributed by atoms with Gasteiger partial charge in [0, 0.05) is 11.6 Å². The summed E-state index contributed by atoms with van der Waals surface area (Å²) in [5.74, 6) is -2.10. The summed E-state index contributed by atoms with van der Waals surface area (Å²) in [5, 5.41) is 12.1. The Hall–Kier alpha value is -1.63. The van der Waals surface area contributed by atoms with Gasteiger partial charge in [0.25, 0.3) is 5.91 Å². The minimum Gasteiger partial charge on any atom is -0.393 e. The third kappa shape index (κ3) is 3.93. The number of carbonyl (C=O) groups is 1. The van der Waals surface area contributed by atoms with Crippen LogP contribution in [-0.4, -0.2) is 23.2 Å². The highest BCUT2D eigenvalue weighted by atomic mass is 19.4. The van der Waals surface area contributed by atoms with Crippen molar-refractivity contribution in [3.63, 3.8) is 0 Å². The first-order valence-electron chi connectivity index (χ1n) is 6.63. The zero-order valence-electron chi connectivity index (χ0n) is 11.1. The molecule has 7 heteroatoms. The molecule has 0 heterocycles. The van der Waals surface area contributed by atoms with Crippen LogP contribution in [0.25, 0.3) is 0 Å². The van der Waals surface area contributed by atoms with Gasteiger partial charge in [-0.25, -0.2) is 4.39 Å². The molecule has 0 saturated heterocycles. The second kappa shape index (κ2) is 6.01. The van der Waals surface area contributed by atoms with Crippen molar-refractivity contribution in [2.45, 2.75) is 44.0 Å². The summed E-state index contributed by atoms with van der Waals surface area (Å²) < 4.78 is 50.9. The fourth-order valence-electron chi connectivity index (χ4n) is 2.45. The molecule has 116 valence electrons. The van der Waals surface area contributed by atoms with Crippen molar-refractivity contribution < 1.29 is 27.5 Å². The van der Waals surface area contributed by atoms with Crippen LogP contribution in [0.3, 0.4) is 0 Å². The molecule has 2 atom stereocenters. The smallest absolute Gasteiger partial charge is 0.393 e. The van der Waals surface area contributed by atoms with E-state index in [0.717, 1.165) is 12.5 Å². The van der Waals surface area contributed by atoms with Gasteiger partial charge in [0.15, 0.2) is 0 Å². The van der Waals surface area contributed by atoms with Crippen LogP contribution in [0.2, 0.25) is 0 Å². The van der Waals surface area contributed by atoms with Gasteiger partial charge in [-0.05, 0) is 43.9 Å². The fraction of sp³-hybridized carbons (Fsp3) is 0.500. The van der Waals surface area contributed by atoms with Crippen LogP contribution in [0.5, 0.6) is 0 Å². The van der Waals surface area contributed by atoms with E-state index < -0.39 is 29.6 Å². The fourth-order valence-corrected chi connectivity index (χ4v) is 2.45. The Balaban J connectivity index is 2.12. The minimum absolute atomic E-state index is 0.246. The number of carbonyl (C=O) groups excluding carboxylic acids is 1. The molecule has 0 aliphatic heterocycles. The summed E-state index contributed by atoms with van der Waals surface area (Å²) in [5.41, 5.74) is -1.71. The Kier molecular flexibility index (Phi) is 4.51. The number of aliphatic hydroxyl groups excluding tert-OH is 1. The quantitative estimate of drug-likeness (QED) is 0.826. The van der Waals surface area contributed by atoms with Crippen LogP contribution in [-0.2, 0) is 6.18 Å². The van der Waals surface area contributed by atoms with E-state index >= 15 is 0 Å². The summed E-state index contributed by atoms with van der Waals surface area (Å²) in [6.07, 6.45) is -2.93. The van der Waals surface area contributed by atoms with Crippen LogP contribution < -0.4 is 5.32 Å². The van der Waals surface area contributed by atoms with Gasteiger partial charge in [-0.2, -0.15) is 13.2 Å². The predicted octanol–water partition coefficient (Wildman–Crippen LogP) is 2.88. The van der Waals surface area contributed by atoms with Crippen molar-refractivity contribution in [2.24, 2.45) is 0 Å². The van der Waals surface area contributed by atoms with E-state index in [1.54, 1.807) is 0 Å². The Labute approximate surface area is 119 Å². The molecule has 1 aromatic rings. The monoisotopic (exact) mass is 305 g/mol. The molecule has 0 spiro atoms. The van der Waals surface area contributed by atoms with Crippen molar-refractivity contribution >= 4 is 5.91 Å². The average Bonchev–Trinajstić information content (AvgIpc) is 2.37. The molecule has 0 aromatic heterocycles. The molecular weight excluding hydrogens is 290 g/mol. The highest BCUT2D eigenvalue weighted by Crippen LogP contribution is 2.32. The molecule has 3 nitrogen and oxygen atoms in total. The Morgan fingerprint density at radius 3 is 2.62 bits per heavy atom. The van der Waals surface area contributed by atoms with Crippen LogP contribution in [0.4, 0.5) is 17.6 Å². The summed E-state index contributed by atoms with van der Waals surface area (Å²) in [4.78, 5) is 11.9. The number of hydrogen-bond donors (Lipinski definition) is 2. The van der Waals surface area contributed by atoms with Gasteiger partial charge in [-0.1, -0.05) is 0 Å². The first kappa shape index (κ1) is 15.8. The normalized spacial score (nSPS) is 22.9. The van der Waals surface area contributed by atoms with Gasteiger partial charge in [-0.3, -0.25) is 4.79 Å². The molecule has 2 unspecified atom stereocenters. The van der Waals surface area contributed by atoms with Crippen molar-refractivity contribution in [1.29, 1.82) is 0 Å². The van der Waals surface area contributed by atoms with Crippen molar-refractivity contribution in [3.05, 3.63) is 35.1 Å². The van der Waals surface area contributed by atoms with E-state index in [-0.39, 0.29) is 11.6 Å². The van der Waals surface area contributed by atoms with E-state index in [1.807, 2.05) is 0 Å².